The van der Waals surface area contributed by atoms with Gasteiger partial charge in [-0.05, 0) is 44.5 Å². The summed E-state index contributed by atoms with van der Waals surface area (Å²) in [6, 6.07) is 3.45. The first-order chi connectivity index (χ1) is 10.5. The molecule has 1 amide bonds. The lowest BCUT2D eigenvalue weighted by molar-refractivity contribution is -0.137. The summed E-state index contributed by atoms with van der Waals surface area (Å²) in [5, 5.41) is 0. The largest absolute Gasteiger partial charge is 0.443 e. The number of amides is 1. The second-order valence-electron chi connectivity index (χ2n) is 7.05. The summed E-state index contributed by atoms with van der Waals surface area (Å²) in [6.45, 7) is 5.83. The monoisotopic (exact) mass is 329 g/mol. The molecule has 1 fully saturated rings. The van der Waals surface area contributed by atoms with Crippen molar-refractivity contribution in [3.05, 3.63) is 29.3 Å². The number of halogens is 3. The highest BCUT2D eigenvalue weighted by molar-refractivity contribution is 5.93. The van der Waals surface area contributed by atoms with Gasteiger partial charge in [-0.25, -0.2) is 4.79 Å². The lowest BCUT2D eigenvalue weighted by Crippen LogP contribution is -2.63. The predicted molar refractivity (Wildman–Crippen MR) is 77.4 cm³/mol. The number of rotatable bonds is 0. The first kappa shape index (κ1) is 16.1. The number of hydrogen-bond donors (Lipinski definition) is 0. The molecule has 4 nitrogen and oxygen atoms in total. The van der Waals surface area contributed by atoms with E-state index in [-0.39, 0.29) is 0 Å². The highest BCUT2D eigenvalue weighted by atomic mass is 19.4. The lowest BCUT2D eigenvalue weighted by Gasteiger charge is -2.45. The molecule has 23 heavy (non-hydrogen) atoms. The summed E-state index contributed by atoms with van der Waals surface area (Å²) < 4.78 is 49.3. The van der Waals surface area contributed by atoms with Crippen molar-refractivity contribution in [2.24, 2.45) is 0 Å². The predicted octanol–water partition coefficient (Wildman–Crippen LogP) is 3.77. The third-order valence-corrected chi connectivity index (χ3v) is 3.96. The van der Waals surface area contributed by atoms with E-state index in [0.29, 0.717) is 30.9 Å². The Morgan fingerprint density at radius 2 is 1.91 bits per heavy atom. The molecule has 7 heteroatoms. The minimum absolute atomic E-state index is 0.294. The van der Waals surface area contributed by atoms with Crippen molar-refractivity contribution in [3.63, 3.8) is 0 Å². The van der Waals surface area contributed by atoms with Crippen LogP contribution in [0.3, 0.4) is 0 Å². The Hall–Kier alpha value is -1.76. The van der Waals surface area contributed by atoms with Crippen LogP contribution in [0.4, 0.5) is 23.7 Å². The number of carbonyl (C=O) groups excluding carboxylic acids is 1. The van der Waals surface area contributed by atoms with E-state index in [1.54, 1.807) is 20.8 Å². The van der Waals surface area contributed by atoms with Crippen LogP contribution < -0.4 is 4.90 Å². The van der Waals surface area contributed by atoms with Crippen LogP contribution >= 0.6 is 0 Å². The van der Waals surface area contributed by atoms with Gasteiger partial charge in [-0.1, -0.05) is 0 Å². The Morgan fingerprint density at radius 1 is 1.26 bits per heavy atom. The van der Waals surface area contributed by atoms with Gasteiger partial charge in [0.05, 0.1) is 24.5 Å². The molecule has 0 radical (unpaired) electrons. The lowest BCUT2D eigenvalue weighted by atomic mass is 9.92. The Morgan fingerprint density at radius 3 is 2.39 bits per heavy atom. The number of carbonyl (C=O) groups is 1. The standard InChI is InChI=1S/C16H18F3NO3/c1-14(2,3)23-13(21)20-12-5-4-11(16(17,18)19)6-10(12)7-15(20)8-22-9-15/h4-6H,7-9H2,1-3H3. The van der Waals surface area contributed by atoms with Crippen LogP contribution in [0.25, 0.3) is 0 Å². The molecule has 2 heterocycles. The van der Waals surface area contributed by atoms with Crippen LogP contribution in [-0.2, 0) is 22.1 Å². The van der Waals surface area contributed by atoms with Crippen molar-refractivity contribution in [2.45, 2.75) is 44.5 Å². The average molecular weight is 329 g/mol. The number of nitrogens with zero attached hydrogens (tertiary/aromatic N) is 1. The van der Waals surface area contributed by atoms with E-state index in [1.807, 2.05) is 0 Å². The maximum absolute atomic E-state index is 12.9. The van der Waals surface area contributed by atoms with Gasteiger partial charge in [0.2, 0.25) is 0 Å². The fourth-order valence-electron chi connectivity index (χ4n) is 2.98. The minimum Gasteiger partial charge on any atom is -0.443 e. The van der Waals surface area contributed by atoms with Crippen LogP contribution in [0.2, 0.25) is 0 Å². The average Bonchev–Trinajstić information content (AvgIpc) is 2.69. The third kappa shape index (κ3) is 2.78. The topological polar surface area (TPSA) is 38.8 Å². The normalized spacial score (nSPS) is 19.5. The zero-order chi connectivity index (χ0) is 17.0. The quantitative estimate of drug-likeness (QED) is 0.727. The van der Waals surface area contributed by atoms with Crippen molar-refractivity contribution >= 4 is 11.8 Å². The van der Waals surface area contributed by atoms with Gasteiger partial charge < -0.3 is 9.47 Å². The molecule has 0 N–H and O–H groups in total. The number of alkyl halides is 3. The fourth-order valence-corrected chi connectivity index (χ4v) is 2.98. The van der Waals surface area contributed by atoms with E-state index in [4.69, 9.17) is 9.47 Å². The molecule has 0 aromatic heterocycles. The molecule has 3 rings (SSSR count). The smallest absolute Gasteiger partial charge is 0.416 e. The van der Waals surface area contributed by atoms with Gasteiger partial charge in [0.1, 0.15) is 11.1 Å². The first-order valence-electron chi connectivity index (χ1n) is 7.33. The molecule has 0 atom stereocenters. The van der Waals surface area contributed by atoms with Crippen molar-refractivity contribution < 1.29 is 27.4 Å². The van der Waals surface area contributed by atoms with E-state index in [0.717, 1.165) is 12.1 Å². The van der Waals surface area contributed by atoms with Gasteiger partial charge in [0, 0.05) is 6.42 Å². The number of anilines is 1. The van der Waals surface area contributed by atoms with Crippen LogP contribution in [0.15, 0.2) is 18.2 Å². The zero-order valence-electron chi connectivity index (χ0n) is 13.2. The van der Waals surface area contributed by atoms with E-state index < -0.39 is 29.0 Å². The molecule has 2 aliphatic rings. The highest BCUT2D eigenvalue weighted by Crippen LogP contribution is 2.45. The van der Waals surface area contributed by atoms with Crippen molar-refractivity contribution in [1.29, 1.82) is 0 Å². The maximum Gasteiger partial charge on any atom is 0.416 e. The fraction of sp³-hybridized carbons (Fsp3) is 0.562. The van der Waals surface area contributed by atoms with Crippen LogP contribution in [0.5, 0.6) is 0 Å². The molecule has 0 aliphatic carbocycles. The van der Waals surface area contributed by atoms with Gasteiger partial charge in [0.15, 0.2) is 0 Å². The van der Waals surface area contributed by atoms with Gasteiger partial charge in [0.25, 0.3) is 0 Å². The van der Waals surface area contributed by atoms with E-state index >= 15 is 0 Å². The van der Waals surface area contributed by atoms with Crippen LogP contribution in [0, 0.1) is 0 Å². The maximum atomic E-state index is 12.9. The number of hydrogen-bond acceptors (Lipinski definition) is 3. The Kier molecular flexibility index (Phi) is 3.41. The minimum atomic E-state index is -4.41. The van der Waals surface area contributed by atoms with Gasteiger partial charge >= 0.3 is 12.3 Å². The van der Waals surface area contributed by atoms with Crippen molar-refractivity contribution in [1.82, 2.24) is 0 Å². The summed E-state index contributed by atoms with van der Waals surface area (Å²) in [4.78, 5) is 14.0. The van der Waals surface area contributed by atoms with Gasteiger partial charge in [-0.3, -0.25) is 4.90 Å². The molecule has 1 saturated heterocycles. The molecule has 0 unspecified atom stereocenters. The second kappa shape index (κ2) is 4.87. The molecule has 2 aliphatic heterocycles. The van der Waals surface area contributed by atoms with Crippen molar-refractivity contribution in [3.8, 4) is 0 Å². The molecule has 0 saturated carbocycles. The SMILES string of the molecule is CC(C)(C)OC(=O)N1c2ccc(C(F)(F)F)cc2CC12COC2. The molecular formula is C16H18F3NO3. The van der Waals surface area contributed by atoms with E-state index in [9.17, 15) is 18.0 Å². The molecular weight excluding hydrogens is 311 g/mol. The summed E-state index contributed by atoms with van der Waals surface area (Å²) in [6.07, 6.45) is -4.62. The van der Waals surface area contributed by atoms with Crippen molar-refractivity contribution in [2.75, 3.05) is 18.1 Å². The van der Waals surface area contributed by atoms with E-state index in [2.05, 4.69) is 0 Å². The summed E-state index contributed by atoms with van der Waals surface area (Å²) >= 11 is 0. The van der Waals surface area contributed by atoms with Crippen LogP contribution in [0.1, 0.15) is 31.9 Å². The molecule has 0 bridgehead atoms. The number of benzene rings is 1. The molecule has 1 aromatic carbocycles. The summed E-state index contributed by atoms with van der Waals surface area (Å²) in [5.74, 6) is 0. The van der Waals surface area contributed by atoms with Gasteiger partial charge in [-0.15, -0.1) is 0 Å². The first-order valence-corrected chi connectivity index (χ1v) is 7.33. The Labute approximate surface area is 132 Å². The van der Waals surface area contributed by atoms with Crippen LogP contribution in [-0.4, -0.2) is 30.4 Å². The summed E-state index contributed by atoms with van der Waals surface area (Å²) in [5.41, 5.74) is -1.06. The number of ether oxygens (including phenoxy) is 2. The summed E-state index contributed by atoms with van der Waals surface area (Å²) in [7, 11) is 0. The third-order valence-electron chi connectivity index (χ3n) is 3.96. The Balaban J connectivity index is 1.98. The van der Waals surface area contributed by atoms with Gasteiger partial charge in [-0.2, -0.15) is 13.2 Å². The molecule has 1 spiro atoms. The molecule has 126 valence electrons. The molecule has 1 aromatic rings. The highest BCUT2D eigenvalue weighted by Gasteiger charge is 2.54. The zero-order valence-corrected chi connectivity index (χ0v) is 13.2. The second-order valence-corrected chi connectivity index (χ2v) is 7.05. The van der Waals surface area contributed by atoms with E-state index in [1.165, 1.54) is 11.0 Å². The number of fused-ring (bicyclic) bond motifs is 1. The Bertz CT molecular complexity index is 645.